The van der Waals surface area contributed by atoms with E-state index in [1.165, 1.54) is 0 Å². The Balaban J connectivity index is 2.75. The maximum absolute atomic E-state index is 12.1. The first-order chi connectivity index (χ1) is 9.15. The van der Waals surface area contributed by atoms with Crippen LogP contribution in [0.2, 0.25) is 0 Å². The summed E-state index contributed by atoms with van der Waals surface area (Å²) in [4.78, 5) is 27.6. The Bertz CT molecular complexity index is 363. The molecule has 1 aliphatic heterocycles. The Hall–Kier alpha value is -1.30. The molecule has 1 heterocycles. The topological polar surface area (TPSA) is 59.1 Å². The molecular weight excluding hydrogens is 260 g/mol. The Morgan fingerprint density at radius 3 is 2.30 bits per heavy atom. The van der Waals surface area contributed by atoms with E-state index in [1.54, 1.807) is 11.8 Å². The zero-order valence-electron chi connectivity index (χ0n) is 13.3. The predicted octanol–water partition coefficient (Wildman–Crippen LogP) is 1.35. The first kappa shape index (κ1) is 16.8. The van der Waals surface area contributed by atoms with E-state index < -0.39 is 5.60 Å². The summed E-state index contributed by atoms with van der Waals surface area (Å²) >= 11 is 0. The zero-order valence-corrected chi connectivity index (χ0v) is 13.3. The summed E-state index contributed by atoms with van der Waals surface area (Å²) in [5.41, 5.74) is -0.535. The molecule has 0 aromatic heterocycles. The molecular formula is C14H26N2O4. The minimum absolute atomic E-state index is 0.0402. The minimum atomic E-state index is -0.535. The van der Waals surface area contributed by atoms with E-state index in [9.17, 15) is 9.59 Å². The van der Waals surface area contributed by atoms with Gasteiger partial charge in [-0.3, -0.25) is 4.79 Å². The number of amides is 1. The number of hydrogen-bond acceptors (Lipinski definition) is 5. The lowest BCUT2D eigenvalue weighted by Gasteiger charge is -2.25. The quantitative estimate of drug-likeness (QED) is 0.733. The molecule has 0 N–H and O–H groups in total. The Labute approximate surface area is 121 Å². The van der Waals surface area contributed by atoms with E-state index in [0.717, 1.165) is 0 Å². The van der Waals surface area contributed by atoms with E-state index >= 15 is 0 Å². The van der Waals surface area contributed by atoms with E-state index in [2.05, 4.69) is 0 Å². The van der Waals surface area contributed by atoms with E-state index in [4.69, 9.17) is 9.47 Å². The molecule has 0 spiro atoms. The van der Waals surface area contributed by atoms with E-state index in [1.807, 2.05) is 39.8 Å². The fourth-order valence-electron chi connectivity index (χ4n) is 2.27. The number of ether oxygens (including phenoxy) is 2. The van der Waals surface area contributed by atoms with Crippen LogP contribution in [0.5, 0.6) is 0 Å². The Morgan fingerprint density at radius 2 is 1.85 bits per heavy atom. The van der Waals surface area contributed by atoms with Crippen molar-refractivity contribution in [2.75, 3.05) is 33.8 Å². The lowest BCUT2D eigenvalue weighted by molar-refractivity contribution is -0.148. The lowest BCUT2D eigenvalue weighted by atomic mass is 10.0. The van der Waals surface area contributed by atoms with Gasteiger partial charge in [0.05, 0.1) is 12.5 Å². The first-order valence-electron chi connectivity index (χ1n) is 6.96. The molecule has 0 aromatic rings. The second-order valence-electron chi connectivity index (χ2n) is 6.27. The first-order valence-corrected chi connectivity index (χ1v) is 6.96. The fourth-order valence-corrected chi connectivity index (χ4v) is 2.27. The van der Waals surface area contributed by atoms with Gasteiger partial charge in [-0.25, -0.2) is 4.79 Å². The maximum atomic E-state index is 12.1. The molecule has 6 nitrogen and oxygen atoms in total. The Kier molecular flexibility index (Phi) is 5.39. The molecule has 1 fully saturated rings. The van der Waals surface area contributed by atoms with Crippen LogP contribution in [0.4, 0.5) is 4.79 Å². The number of carbonyl (C=O) groups is 2. The SMILES string of the molecule is CCOC(=O)[C@@H]1CN(C(=O)OC(C)(C)C)C[C@H]1N(C)C. The molecule has 116 valence electrons. The highest BCUT2D eigenvalue weighted by Crippen LogP contribution is 2.24. The minimum Gasteiger partial charge on any atom is -0.466 e. The van der Waals surface area contributed by atoms with Crippen molar-refractivity contribution in [3.8, 4) is 0 Å². The molecule has 0 radical (unpaired) electrons. The third-order valence-electron chi connectivity index (χ3n) is 3.19. The molecule has 20 heavy (non-hydrogen) atoms. The summed E-state index contributed by atoms with van der Waals surface area (Å²) in [5.74, 6) is -0.574. The van der Waals surface area contributed by atoms with Gasteiger partial charge >= 0.3 is 12.1 Å². The molecule has 0 aromatic carbocycles. The van der Waals surface area contributed by atoms with Crippen molar-refractivity contribution in [1.82, 2.24) is 9.80 Å². The monoisotopic (exact) mass is 286 g/mol. The van der Waals surface area contributed by atoms with Crippen molar-refractivity contribution in [1.29, 1.82) is 0 Å². The van der Waals surface area contributed by atoms with Gasteiger partial charge in [0.2, 0.25) is 0 Å². The van der Waals surface area contributed by atoms with Crippen molar-refractivity contribution < 1.29 is 19.1 Å². The average molecular weight is 286 g/mol. The summed E-state index contributed by atoms with van der Waals surface area (Å²) in [6.07, 6.45) is -0.379. The Morgan fingerprint density at radius 1 is 1.25 bits per heavy atom. The van der Waals surface area contributed by atoms with Crippen LogP contribution in [-0.2, 0) is 14.3 Å². The number of esters is 1. The molecule has 1 aliphatic rings. The van der Waals surface area contributed by atoms with Gasteiger partial charge in [0.1, 0.15) is 5.60 Å². The van der Waals surface area contributed by atoms with Crippen LogP contribution in [0.3, 0.4) is 0 Å². The third kappa shape index (κ3) is 4.37. The van der Waals surface area contributed by atoms with Gasteiger partial charge < -0.3 is 19.3 Å². The smallest absolute Gasteiger partial charge is 0.410 e. The van der Waals surface area contributed by atoms with Crippen LogP contribution >= 0.6 is 0 Å². The zero-order chi connectivity index (χ0) is 15.5. The van der Waals surface area contributed by atoms with Crippen molar-refractivity contribution >= 4 is 12.1 Å². The number of nitrogens with zero attached hydrogens (tertiary/aromatic N) is 2. The van der Waals surface area contributed by atoms with Gasteiger partial charge in [-0.05, 0) is 41.8 Å². The summed E-state index contributed by atoms with van der Waals surface area (Å²) in [6, 6.07) is -0.0402. The van der Waals surface area contributed by atoms with Crippen LogP contribution in [0.1, 0.15) is 27.7 Å². The fraction of sp³-hybridized carbons (Fsp3) is 0.857. The number of rotatable bonds is 3. The molecule has 0 unspecified atom stereocenters. The molecule has 1 amide bonds. The molecule has 1 rings (SSSR count). The predicted molar refractivity (Wildman–Crippen MR) is 75.4 cm³/mol. The number of hydrogen-bond donors (Lipinski definition) is 0. The van der Waals surface area contributed by atoms with Gasteiger partial charge in [-0.2, -0.15) is 0 Å². The van der Waals surface area contributed by atoms with E-state index in [0.29, 0.717) is 19.7 Å². The summed E-state index contributed by atoms with van der Waals surface area (Å²) < 4.78 is 10.4. The highest BCUT2D eigenvalue weighted by Gasteiger charge is 2.42. The molecule has 0 bridgehead atoms. The van der Waals surface area contributed by atoms with Gasteiger partial charge in [-0.15, -0.1) is 0 Å². The van der Waals surface area contributed by atoms with Crippen LogP contribution in [0, 0.1) is 5.92 Å². The van der Waals surface area contributed by atoms with Crippen LogP contribution < -0.4 is 0 Å². The second kappa shape index (κ2) is 6.43. The van der Waals surface area contributed by atoms with Gasteiger partial charge in [0.25, 0.3) is 0 Å². The molecule has 0 saturated carbocycles. The van der Waals surface area contributed by atoms with Crippen LogP contribution in [0.25, 0.3) is 0 Å². The summed E-state index contributed by atoms with van der Waals surface area (Å²) in [5, 5.41) is 0. The molecule has 0 aliphatic carbocycles. The molecule has 1 saturated heterocycles. The van der Waals surface area contributed by atoms with Crippen molar-refractivity contribution in [3.63, 3.8) is 0 Å². The van der Waals surface area contributed by atoms with Crippen LogP contribution in [0.15, 0.2) is 0 Å². The second-order valence-corrected chi connectivity index (χ2v) is 6.27. The third-order valence-corrected chi connectivity index (χ3v) is 3.19. The number of carbonyl (C=O) groups excluding carboxylic acids is 2. The van der Waals surface area contributed by atoms with Crippen LogP contribution in [-0.4, -0.2) is 67.3 Å². The molecule has 6 heteroatoms. The van der Waals surface area contributed by atoms with E-state index in [-0.39, 0.29) is 24.0 Å². The maximum Gasteiger partial charge on any atom is 0.410 e. The largest absolute Gasteiger partial charge is 0.466 e. The lowest BCUT2D eigenvalue weighted by Crippen LogP contribution is -2.39. The van der Waals surface area contributed by atoms with Gasteiger partial charge in [-0.1, -0.05) is 0 Å². The average Bonchev–Trinajstić information content (AvgIpc) is 2.71. The van der Waals surface area contributed by atoms with Crippen molar-refractivity contribution in [2.24, 2.45) is 5.92 Å². The summed E-state index contributed by atoms with van der Waals surface area (Å²) in [7, 11) is 3.80. The van der Waals surface area contributed by atoms with Gasteiger partial charge in [0, 0.05) is 19.1 Å². The van der Waals surface area contributed by atoms with Crippen molar-refractivity contribution in [2.45, 2.75) is 39.3 Å². The van der Waals surface area contributed by atoms with Gasteiger partial charge in [0.15, 0.2) is 0 Å². The number of likely N-dealkylation sites (N-methyl/N-ethyl adjacent to an activating group) is 1. The summed E-state index contributed by atoms with van der Waals surface area (Å²) in [6.45, 7) is 8.43. The number of likely N-dealkylation sites (tertiary alicyclic amines) is 1. The molecule has 2 atom stereocenters. The highest BCUT2D eigenvalue weighted by molar-refractivity contribution is 5.76. The normalized spacial score (nSPS) is 23.1. The van der Waals surface area contributed by atoms with Crippen molar-refractivity contribution in [3.05, 3.63) is 0 Å². The standard InChI is InChI=1S/C14H26N2O4/c1-7-19-12(17)10-8-16(9-11(10)15(5)6)13(18)20-14(2,3)4/h10-11H,7-9H2,1-6H3/t10-,11-/m1/s1. The highest BCUT2D eigenvalue weighted by atomic mass is 16.6.